The molecule has 0 bridgehead atoms. The van der Waals surface area contributed by atoms with Gasteiger partial charge in [0.1, 0.15) is 12.6 Å². The lowest BCUT2D eigenvalue weighted by atomic mass is 10.1. The number of rotatable bonds is 7. The van der Waals surface area contributed by atoms with E-state index < -0.39 is 18.6 Å². The average Bonchev–Trinajstić information content (AvgIpc) is 2.34. The van der Waals surface area contributed by atoms with Crippen molar-refractivity contribution < 1.29 is 14.7 Å². The summed E-state index contributed by atoms with van der Waals surface area (Å²) >= 11 is 0. The molecule has 6 heteroatoms. The van der Waals surface area contributed by atoms with Crippen molar-refractivity contribution in [3.63, 3.8) is 0 Å². The van der Waals surface area contributed by atoms with E-state index >= 15 is 0 Å². The molecule has 0 fully saturated rings. The Bertz CT molecular complexity index is 337. The summed E-state index contributed by atoms with van der Waals surface area (Å²) in [5.74, 6) is -0.967. The molecule has 0 rings (SSSR count). The normalized spacial score (nSPS) is 11.9. The van der Waals surface area contributed by atoms with Gasteiger partial charge in [0.15, 0.2) is 0 Å². The van der Waals surface area contributed by atoms with Crippen LogP contribution in [0.25, 0.3) is 0 Å². The van der Waals surface area contributed by atoms with Gasteiger partial charge in [-0.1, -0.05) is 12.2 Å². The molecule has 0 saturated heterocycles. The lowest BCUT2D eigenvalue weighted by Gasteiger charge is -2.16. The number of hydrogen-bond donors (Lipinski definition) is 3. The zero-order chi connectivity index (χ0) is 13.3. The second-order valence-electron chi connectivity index (χ2n) is 3.25. The molecule has 2 amide bonds. The predicted molar refractivity (Wildman–Crippen MR) is 65.5 cm³/mol. The van der Waals surface area contributed by atoms with Gasteiger partial charge in [-0.15, -0.1) is 0 Å². The highest BCUT2D eigenvalue weighted by molar-refractivity contribution is 5.88. The minimum Gasteiger partial charge on any atom is -0.387 e. The van der Waals surface area contributed by atoms with Gasteiger partial charge in [0, 0.05) is 19.7 Å². The molecule has 0 aromatic heterocycles. The van der Waals surface area contributed by atoms with Crippen LogP contribution in [0.1, 0.15) is 6.42 Å². The summed E-state index contributed by atoms with van der Waals surface area (Å²) in [5, 5.41) is 13.4. The highest BCUT2D eigenvalue weighted by Crippen LogP contribution is 2.05. The molecule has 6 nitrogen and oxygen atoms in total. The summed E-state index contributed by atoms with van der Waals surface area (Å²) in [5.41, 5.74) is 0.615. The van der Waals surface area contributed by atoms with E-state index in [0.717, 1.165) is 0 Å². The number of likely N-dealkylation sites (N-methyl/N-ethyl adjacent to an activating group) is 1. The van der Waals surface area contributed by atoms with Gasteiger partial charge in [-0.05, 0) is 12.8 Å². The molecule has 0 saturated carbocycles. The van der Waals surface area contributed by atoms with E-state index in [4.69, 9.17) is 5.11 Å². The summed E-state index contributed by atoms with van der Waals surface area (Å²) in [4.78, 5) is 26.0. The number of nitrogens with zero attached hydrogens (tertiary/aromatic N) is 1. The van der Waals surface area contributed by atoms with Gasteiger partial charge in [-0.3, -0.25) is 14.6 Å². The molecule has 0 radical (unpaired) electrons. The first-order valence-electron chi connectivity index (χ1n) is 4.97. The topological polar surface area (TPSA) is 90.8 Å². The van der Waals surface area contributed by atoms with Crippen LogP contribution in [0.2, 0.25) is 0 Å². The highest BCUT2D eigenvalue weighted by Gasteiger charge is 2.19. The number of carbonyl (C=O) groups excluding carboxylic acids is 2. The van der Waals surface area contributed by atoms with E-state index in [2.05, 4.69) is 28.9 Å². The fraction of sp³-hybridized carbons (Fsp3) is 0.364. The Morgan fingerprint density at radius 1 is 1.53 bits per heavy atom. The van der Waals surface area contributed by atoms with E-state index in [9.17, 15) is 9.59 Å². The van der Waals surface area contributed by atoms with Crippen LogP contribution in [-0.4, -0.2) is 43.3 Å². The fourth-order valence-corrected chi connectivity index (χ4v) is 1.11. The molecular weight excluding hydrogens is 222 g/mol. The number of amides is 2. The van der Waals surface area contributed by atoms with Crippen molar-refractivity contribution in [1.82, 2.24) is 10.6 Å². The molecule has 0 aromatic carbocycles. The molecule has 94 valence electrons. The van der Waals surface area contributed by atoms with Crippen molar-refractivity contribution in [2.75, 3.05) is 13.7 Å². The number of aliphatic imine (C=N–C) groups is 1. The average molecular weight is 239 g/mol. The summed E-state index contributed by atoms with van der Waals surface area (Å²) in [6, 6.07) is -0.762. The second-order valence-corrected chi connectivity index (χ2v) is 3.25. The van der Waals surface area contributed by atoms with Gasteiger partial charge in [0.05, 0.1) is 0 Å². The van der Waals surface area contributed by atoms with E-state index in [0.29, 0.717) is 5.57 Å². The molecule has 0 aliphatic rings. The minimum absolute atomic E-state index is 0.234. The molecule has 0 aromatic rings. The number of aliphatic hydroxyl groups excluding tert-OH is 1. The zero-order valence-corrected chi connectivity index (χ0v) is 9.77. The zero-order valence-electron chi connectivity index (χ0n) is 9.77. The molecule has 17 heavy (non-hydrogen) atoms. The third kappa shape index (κ3) is 6.26. The Kier molecular flexibility index (Phi) is 7.29. The van der Waals surface area contributed by atoms with Crippen LogP contribution in [0, 0.1) is 0 Å². The Balaban J connectivity index is 4.53. The van der Waals surface area contributed by atoms with Crippen LogP contribution in [0.4, 0.5) is 0 Å². The highest BCUT2D eigenvalue weighted by atomic mass is 16.3. The van der Waals surface area contributed by atoms with Gasteiger partial charge < -0.3 is 15.7 Å². The van der Waals surface area contributed by atoms with E-state index in [-0.39, 0.29) is 12.3 Å². The first-order chi connectivity index (χ1) is 8.04. The lowest BCUT2D eigenvalue weighted by Crippen LogP contribution is -2.46. The van der Waals surface area contributed by atoms with Crippen molar-refractivity contribution >= 4 is 18.5 Å². The number of allylic oxidation sites excluding steroid dienone is 1. The summed E-state index contributed by atoms with van der Waals surface area (Å²) in [6.07, 6.45) is 3.27. The van der Waals surface area contributed by atoms with Crippen molar-refractivity contribution in [2.45, 2.75) is 12.5 Å². The van der Waals surface area contributed by atoms with Crippen LogP contribution >= 0.6 is 0 Å². The SMILES string of the molecule is C=N/C=C\C(=C)C[C@H](NC(=O)CO)C(=O)NC. The van der Waals surface area contributed by atoms with Crippen LogP contribution in [0.15, 0.2) is 29.4 Å². The van der Waals surface area contributed by atoms with Gasteiger partial charge in [-0.25, -0.2) is 0 Å². The van der Waals surface area contributed by atoms with Gasteiger partial charge in [0.25, 0.3) is 0 Å². The van der Waals surface area contributed by atoms with Gasteiger partial charge in [-0.2, -0.15) is 0 Å². The maximum atomic E-state index is 11.5. The van der Waals surface area contributed by atoms with Crippen molar-refractivity contribution in [1.29, 1.82) is 0 Å². The molecule has 1 atom stereocenters. The first-order valence-corrected chi connectivity index (χ1v) is 4.97. The lowest BCUT2D eigenvalue weighted by molar-refractivity contribution is -0.130. The number of aliphatic hydroxyl groups is 1. The van der Waals surface area contributed by atoms with Crippen molar-refractivity contribution in [3.05, 3.63) is 24.4 Å². The summed E-state index contributed by atoms with van der Waals surface area (Å²) in [7, 11) is 1.46. The maximum Gasteiger partial charge on any atom is 0.246 e. The third-order valence-electron chi connectivity index (χ3n) is 1.92. The quantitative estimate of drug-likeness (QED) is 0.408. The number of hydrogen-bond acceptors (Lipinski definition) is 4. The van der Waals surface area contributed by atoms with Gasteiger partial charge in [0.2, 0.25) is 11.8 Å². The third-order valence-corrected chi connectivity index (χ3v) is 1.92. The van der Waals surface area contributed by atoms with E-state index in [1.165, 1.54) is 13.2 Å². The molecule has 0 spiro atoms. The molecule has 0 aliphatic carbocycles. The van der Waals surface area contributed by atoms with Crippen molar-refractivity contribution in [2.24, 2.45) is 4.99 Å². The maximum absolute atomic E-state index is 11.5. The Morgan fingerprint density at radius 2 is 2.18 bits per heavy atom. The Morgan fingerprint density at radius 3 is 2.65 bits per heavy atom. The molecule has 3 N–H and O–H groups in total. The monoisotopic (exact) mass is 239 g/mol. The van der Waals surface area contributed by atoms with Crippen LogP contribution in [0.3, 0.4) is 0 Å². The van der Waals surface area contributed by atoms with Crippen LogP contribution in [-0.2, 0) is 9.59 Å². The molecule has 0 aliphatic heterocycles. The molecular formula is C11H17N3O3. The van der Waals surface area contributed by atoms with E-state index in [1.807, 2.05) is 0 Å². The predicted octanol–water partition coefficient (Wildman–Crippen LogP) is -0.630. The van der Waals surface area contributed by atoms with Crippen LogP contribution < -0.4 is 10.6 Å². The summed E-state index contributed by atoms with van der Waals surface area (Å²) < 4.78 is 0. The Hall–Kier alpha value is -1.95. The number of carbonyl (C=O) groups is 2. The van der Waals surface area contributed by atoms with Crippen LogP contribution in [0.5, 0.6) is 0 Å². The smallest absolute Gasteiger partial charge is 0.246 e. The van der Waals surface area contributed by atoms with Gasteiger partial charge >= 0.3 is 0 Å². The molecule has 0 unspecified atom stereocenters. The minimum atomic E-state index is -0.762. The van der Waals surface area contributed by atoms with Crippen molar-refractivity contribution in [3.8, 4) is 0 Å². The first kappa shape index (κ1) is 15.0. The Labute approximate surface area is 100 Å². The fourth-order valence-electron chi connectivity index (χ4n) is 1.11. The largest absolute Gasteiger partial charge is 0.387 e. The summed E-state index contributed by atoms with van der Waals surface area (Å²) in [6.45, 7) is 6.32. The molecule has 0 heterocycles. The standard InChI is InChI=1S/C11H17N3O3/c1-8(4-5-12-2)6-9(11(17)13-3)14-10(16)7-15/h4-5,9,15H,1-2,6-7H2,3H3,(H,13,17)(H,14,16)/b5-4-/t9-/m0/s1. The van der Waals surface area contributed by atoms with E-state index in [1.54, 1.807) is 6.08 Å². The second kappa shape index (κ2) is 8.23. The number of nitrogens with one attached hydrogen (secondary N) is 2.